The van der Waals surface area contributed by atoms with Crippen LogP contribution in [0.1, 0.15) is 12.5 Å². The Hall–Kier alpha value is -1.86. The number of rotatable bonds is 7. The van der Waals surface area contributed by atoms with Crippen molar-refractivity contribution < 1.29 is 14.3 Å². The molecule has 0 aliphatic heterocycles. The van der Waals surface area contributed by atoms with Gasteiger partial charge in [-0.3, -0.25) is 4.79 Å². The minimum absolute atomic E-state index is 0.208. The molecule has 28 heavy (non-hydrogen) atoms. The molecule has 1 aromatic heterocycles. The summed E-state index contributed by atoms with van der Waals surface area (Å²) in [5.74, 6) is 0.00487. The molecule has 0 aliphatic rings. The van der Waals surface area contributed by atoms with Crippen molar-refractivity contribution in [1.29, 1.82) is 0 Å². The van der Waals surface area contributed by atoms with Gasteiger partial charge in [-0.25, -0.2) is 0 Å². The number of carbonyl (C=O) groups excluding carboxylic acids is 1. The molecule has 3 rings (SSSR count). The smallest absolute Gasteiger partial charge is 0.286 e. The highest BCUT2D eigenvalue weighted by Gasteiger charge is 2.10. The number of aromatic nitrogens is 1. The van der Waals surface area contributed by atoms with Gasteiger partial charge in [-0.1, -0.05) is 40.6 Å². The van der Waals surface area contributed by atoms with E-state index in [0.717, 1.165) is 15.8 Å². The molecule has 0 fully saturated rings. The van der Waals surface area contributed by atoms with Crippen LogP contribution in [0.4, 0.5) is 0 Å². The van der Waals surface area contributed by atoms with Crippen LogP contribution in [0.25, 0.3) is 10.2 Å². The van der Waals surface area contributed by atoms with E-state index in [1.54, 1.807) is 18.2 Å². The van der Waals surface area contributed by atoms with Crippen molar-refractivity contribution in [2.24, 2.45) is 4.99 Å². The summed E-state index contributed by atoms with van der Waals surface area (Å²) in [6.45, 7) is 5.59. The fourth-order valence-corrected chi connectivity index (χ4v) is 4.29. The second kappa shape index (κ2) is 9.56. The van der Waals surface area contributed by atoms with E-state index in [1.165, 1.54) is 11.3 Å². The van der Waals surface area contributed by atoms with Crippen molar-refractivity contribution in [2.45, 2.75) is 20.4 Å². The molecular formula is C20H20Cl2N2O3S. The highest BCUT2D eigenvalue weighted by Crippen LogP contribution is 2.27. The third-order valence-corrected chi connectivity index (χ3v) is 5.54. The van der Waals surface area contributed by atoms with Crippen LogP contribution >= 0.6 is 34.5 Å². The highest BCUT2D eigenvalue weighted by molar-refractivity contribution is 7.16. The molecule has 0 unspecified atom stereocenters. The third kappa shape index (κ3) is 5.14. The summed E-state index contributed by atoms with van der Waals surface area (Å²) in [5, 5.41) is 0.855. The zero-order valence-electron chi connectivity index (χ0n) is 15.6. The van der Waals surface area contributed by atoms with E-state index in [9.17, 15) is 4.79 Å². The third-order valence-electron chi connectivity index (χ3n) is 3.97. The summed E-state index contributed by atoms with van der Waals surface area (Å²) in [5.41, 5.74) is 2.19. The van der Waals surface area contributed by atoms with Gasteiger partial charge < -0.3 is 14.0 Å². The van der Waals surface area contributed by atoms with E-state index >= 15 is 0 Å². The predicted molar refractivity (Wildman–Crippen MR) is 114 cm³/mol. The average Bonchev–Trinajstić information content (AvgIpc) is 2.97. The van der Waals surface area contributed by atoms with E-state index in [0.29, 0.717) is 40.4 Å². The number of ether oxygens (including phenoxy) is 2. The van der Waals surface area contributed by atoms with Crippen molar-refractivity contribution in [3.05, 3.63) is 56.8 Å². The van der Waals surface area contributed by atoms with Crippen LogP contribution in [0.3, 0.4) is 0 Å². The molecule has 3 aromatic rings. The number of thiazole rings is 1. The molecule has 0 radical (unpaired) electrons. The minimum Gasteiger partial charge on any atom is -0.482 e. The van der Waals surface area contributed by atoms with Gasteiger partial charge in [-0.05, 0) is 49.7 Å². The fraction of sp³-hybridized carbons (Fsp3) is 0.300. The lowest BCUT2D eigenvalue weighted by Gasteiger charge is -2.07. The van der Waals surface area contributed by atoms with Crippen LogP contribution in [0.15, 0.2) is 41.4 Å². The number of hydrogen-bond donors (Lipinski definition) is 0. The van der Waals surface area contributed by atoms with Gasteiger partial charge in [0.2, 0.25) is 0 Å². The lowest BCUT2D eigenvalue weighted by Crippen LogP contribution is -2.21. The highest BCUT2D eigenvalue weighted by atomic mass is 35.5. The maximum absolute atomic E-state index is 12.4. The monoisotopic (exact) mass is 438 g/mol. The Kier molecular flexibility index (Phi) is 7.13. The summed E-state index contributed by atoms with van der Waals surface area (Å²) < 4.78 is 14.0. The molecule has 0 spiro atoms. The molecule has 0 saturated heterocycles. The van der Waals surface area contributed by atoms with Gasteiger partial charge in [-0.2, -0.15) is 4.99 Å². The SMILES string of the molecule is CCOCCn1c(=NC(=O)COc2ccc(Cl)cc2Cl)sc2cc(C)ccc21. The fourth-order valence-electron chi connectivity index (χ4n) is 2.65. The zero-order valence-corrected chi connectivity index (χ0v) is 17.9. The molecule has 0 saturated carbocycles. The predicted octanol–water partition coefficient (Wildman–Crippen LogP) is 4.86. The first-order valence-electron chi connectivity index (χ1n) is 8.81. The Labute approximate surface area is 177 Å². The summed E-state index contributed by atoms with van der Waals surface area (Å²) in [4.78, 5) is 17.3. The van der Waals surface area contributed by atoms with Crippen LogP contribution in [0.2, 0.25) is 10.0 Å². The van der Waals surface area contributed by atoms with Crippen LogP contribution in [-0.2, 0) is 16.1 Å². The van der Waals surface area contributed by atoms with Gasteiger partial charge >= 0.3 is 0 Å². The van der Waals surface area contributed by atoms with Crippen LogP contribution < -0.4 is 9.54 Å². The molecule has 0 bridgehead atoms. The topological polar surface area (TPSA) is 52.8 Å². The molecule has 5 nitrogen and oxygen atoms in total. The van der Waals surface area contributed by atoms with Crippen molar-refractivity contribution in [2.75, 3.05) is 19.8 Å². The Morgan fingerprint density at radius 2 is 2.04 bits per heavy atom. The molecule has 8 heteroatoms. The first-order chi connectivity index (χ1) is 13.5. The molecule has 1 heterocycles. The van der Waals surface area contributed by atoms with Crippen molar-refractivity contribution in [1.82, 2.24) is 4.57 Å². The maximum Gasteiger partial charge on any atom is 0.286 e. The van der Waals surface area contributed by atoms with Crippen LogP contribution in [0, 0.1) is 6.92 Å². The van der Waals surface area contributed by atoms with Crippen molar-refractivity contribution in [3.63, 3.8) is 0 Å². The number of hydrogen-bond acceptors (Lipinski definition) is 4. The van der Waals surface area contributed by atoms with Crippen LogP contribution in [-0.4, -0.2) is 30.3 Å². The summed E-state index contributed by atoms with van der Waals surface area (Å²) >= 11 is 13.4. The lowest BCUT2D eigenvalue weighted by atomic mass is 10.2. The summed E-state index contributed by atoms with van der Waals surface area (Å²) in [6, 6.07) is 11.0. The van der Waals surface area contributed by atoms with Crippen LogP contribution in [0.5, 0.6) is 5.75 Å². The quantitative estimate of drug-likeness (QED) is 0.494. The van der Waals surface area contributed by atoms with E-state index in [4.69, 9.17) is 32.7 Å². The first-order valence-corrected chi connectivity index (χ1v) is 10.4. The maximum atomic E-state index is 12.4. The number of benzene rings is 2. The molecule has 1 amide bonds. The Bertz CT molecular complexity index is 1060. The Morgan fingerprint density at radius 3 is 2.79 bits per heavy atom. The second-order valence-corrected chi connectivity index (χ2v) is 7.93. The number of nitrogens with zero attached hydrogens (tertiary/aromatic N) is 2. The second-order valence-electron chi connectivity index (χ2n) is 6.07. The number of amides is 1. The Morgan fingerprint density at radius 1 is 1.21 bits per heavy atom. The van der Waals surface area contributed by atoms with E-state index in [2.05, 4.69) is 11.1 Å². The van der Waals surface area contributed by atoms with E-state index < -0.39 is 0 Å². The van der Waals surface area contributed by atoms with Gasteiger partial charge in [0.25, 0.3) is 5.91 Å². The molecule has 148 valence electrons. The van der Waals surface area contributed by atoms with Crippen molar-refractivity contribution in [3.8, 4) is 5.75 Å². The molecule has 0 atom stereocenters. The van der Waals surface area contributed by atoms with Gasteiger partial charge in [0.1, 0.15) is 5.75 Å². The first kappa shape index (κ1) is 20.9. The standard InChI is InChI=1S/C20H20Cl2N2O3S/c1-3-26-9-8-24-16-6-4-13(2)10-18(16)28-20(24)23-19(25)12-27-17-7-5-14(21)11-15(17)22/h4-7,10-11H,3,8-9,12H2,1-2H3. The summed E-state index contributed by atoms with van der Waals surface area (Å²) in [6.07, 6.45) is 0. The zero-order chi connectivity index (χ0) is 20.1. The van der Waals surface area contributed by atoms with E-state index in [-0.39, 0.29) is 12.5 Å². The normalized spacial score (nSPS) is 11.9. The Balaban J connectivity index is 1.84. The average molecular weight is 439 g/mol. The largest absolute Gasteiger partial charge is 0.482 e. The van der Waals surface area contributed by atoms with Crippen molar-refractivity contribution >= 4 is 50.7 Å². The number of halogens is 2. The van der Waals surface area contributed by atoms with Gasteiger partial charge in [0.15, 0.2) is 11.4 Å². The van der Waals surface area contributed by atoms with Gasteiger partial charge in [-0.15, -0.1) is 0 Å². The minimum atomic E-state index is -0.389. The number of aryl methyl sites for hydroxylation is 1. The molecule has 0 N–H and O–H groups in total. The van der Waals surface area contributed by atoms with Gasteiger partial charge in [0.05, 0.1) is 21.8 Å². The van der Waals surface area contributed by atoms with Gasteiger partial charge in [0, 0.05) is 18.2 Å². The molecule has 2 aromatic carbocycles. The number of fused-ring (bicyclic) bond motifs is 1. The van der Waals surface area contributed by atoms with E-state index in [1.807, 2.05) is 30.5 Å². The lowest BCUT2D eigenvalue weighted by molar-refractivity contribution is -0.120. The number of carbonyl (C=O) groups is 1. The summed E-state index contributed by atoms with van der Waals surface area (Å²) in [7, 11) is 0. The molecular weight excluding hydrogens is 419 g/mol. The molecule has 0 aliphatic carbocycles.